The summed E-state index contributed by atoms with van der Waals surface area (Å²) < 4.78 is 10.6. The number of unbranched alkanes of at least 4 members (excludes halogenated alkanes) is 19. The standard InChI is InChI=1S/C57H94O5/c1-3-5-7-9-11-13-15-17-19-21-23-25-26-27-28-29-30-32-33-35-37-39-41-43-45-47-49-51-56(59)61-54-55(53-58)62-57(60)52-50-48-46-44-42-40-38-36-34-31-24-22-20-18-16-14-12-10-8-6-4-2/h6,8,12,14-15,17-18,20-21,23-24,26-27,31,36,38,42,44,55,58H,3-5,7,9-11,13,16,19,22,25,28-30,32-35,37,39-41,43,45-54H2,1-2H3/b8-6-,14-12-,17-15-,20-18-,23-21-,27-26-,31-24-,38-36-,44-42-. The lowest BCUT2D eigenvalue weighted by Gasteiger charge is -2.15. The molecule has 5 nitrogen and oxygen atoms in total. The Labute approximate surface area is 382 Å². The lowest BCUT2D eigenvalue weighted by atomic mass is 10.0. The third-order valence-electron chi connectivity index (χ3n) is 10.6. The number of esters is 2. The van der Waals surface area contributed by atoms with Gasteiger partial charge >= 0.3 is 11.9 Å². The monoisotopic (exact) mass is 859 g/mol. The number of carbonyl (C=O) groups excluding carboxylic acids is 2. The Kier molecular flexibility index (Phi) is 49.0. The molecular formula is C57H94O5. The number of ether oxygens (including phenoxy) is 2. The Morgan fingerprint density at radius 2 is 0.694 bits per heavy atom. The molecule has 0 heterocycles. The third-order valence-corrected chi connectivity index (χ3v) is 10.6. The van der Waals surface area contributed by atoms with Crippen LogP contribution in [-0.2, 0) is 19.1 Å². The zero-order valence-corrected chi connectivity index (χ0v) is 40.1. The SMILES string of the molecule is CC/C=C\C/C=C\C/C=C\C/C=C\C/C=C\C/C=C\CCCCC(=O)OC(CO)COC(=O)CCCCCCCCCCCCCC/C=C\C/C=C\C/C=C\CCCCCCC. The van der Waals surface area contributed by atoms with Crippen molar-refractivity contribution >= 4 is 11.9 Å². The van der Waals surface area contributed by atoms with E-state index in [9.17, 15) is 14.7 Å². The maximum Gasteiger partial charge on any atom is 0.306 e. The predicted octanol–water partition coefficient (Wildman–Crippen LogP) is 17.0. The second kappa shape index (κ2) is 51.9. The molecule has 0 saturated carbocycles. The van der Waals surface area contributed by atoms with Gasteiger partial charge in [-0.05, 0) is 103 Å². The van der Waals surface area contributed by atoms with Crippen molar-refractivity contribution < 1.29 is 24.2 Å². The van der Waals surface area contributed by atoms with E-state index in [1.54, 1.807) is 0 Å². The topological polar surface area (TPSA) is 72.8 Å². The van der Waals surface area contributed by atoms with Crippen molar-refractivity contribution in [2.24, 2.45) is 0 Å². The van der Waals surface area contributed by atoms with Gasteiger partial charge in [0, 0.05) is 12.8 Å². The Balaban J connectivity index is 3.61. The smallest absolute Gasteiger partial charge is 0.306 e. The molecule has 1 N–H and O–H groups in total. The maximum absolute atomic E-state index is 12.2. The first-order valence-corrected chi connectivity index (χ1v) is 25.4. The first kappa shape index (κ1) is 58.6. The van der Waals surface area contributed by atoms with Crippen molar-refractivity contribution in [2.45, 2.75) is 225 Å². The highest BCUT2D eigenvalue weighted by molar-refractivity contribution is 5.70. The molecule has 0 aliphatic heterocycles. The van der Waals surface area contributed by atoms with Crippen molar-refractivity contribution in [3.8, 4) is 0 Å². The molecule has 0 radical (unpaired) electrons. The van der Waals surface area contributed by atoms with Crippen LogP contribution >= 0.6 is 0 Å². The van der Waals surface area contributed by atoms with Crippen LogP contribution in [0.4, 0.5) is 0 Å². The summed E-state index contributed by atoms with van der Waals surface area (Å²) in [6, 6.07) is 0. The average molecular weight is 859 g/mol. The van der Waals surface area contributed by atoms with Gasteiger partial charge in [-0.3, -0.25) is 9.59 Å². The summed E-state index contributed by atoms with van der Waals surface area (Å²) in [7, 11) is 0. The Morgan fingerprint density at radius 3 is 1.08 bits per heavy atom. The molecule has 0 bridgehead atoms. The molecule has 62 heavy (non-hydrogen) atoms. The molecule has 1 atom stereocenters. The van der Waals surface area contributed by atoms with Crippen LogP contribution in [0.25, 0.3) is 0 Å². The molecule has 0 fully saturated rings. The summed E-state index contributed by atoms with van der Waals surface area (Å²) in [6.45, 7) is 3.98. The van der Waals surface area contributed by atoms with Crippen LogP contribution in [0.5, 0.6) is 0 Å². The fourth-order valence-corrected chi connectivity index (χ4v) is 6.74. The zero-order chi connectivity index (χ0) is 44.9. The zero-order valence-electron chi connectivity index (χ0n) is 40.1. The first-order valence-electron chi connectivity index (χ1n) is 25.4. The van der Waals surface area contributed by atoms with E-state index < -0.39 is 6.10 Å². The molecule has 352 valence electrons. The predicted molar refractivity (Wildman–Crippen MR) is 269 cm³/mol. The molecule has 5 heteroatoms. The number of allylic oxidation sites excluding steroid dienone is 18. The average Bonchev–Trinajstić information content (AvgIpc) is 3.28. The summed E-state index contributed by atoms with van der Waals surface area (Å²) in [5, 5.41) is 9.62. The minimum absolute atomic E-state index is 0.0910. The van der Waals surface area contributed by atoms with E-state index >= 15 is 0 Å². The van der Waals surface area contributed by atoms with Gasteiger partial charge in [-0.15, -0.1) is 0 Å². The summed E-state index contributed by atoms with van der Waals surface area (Å²) in [5.74, 6) is -0.649. The molecule has 0 aliphatic carbocycles. The van der Waals surface area contributed by atoms with Gasteiger partial charge in [0.2, 0.25) is 0 Å². The normalized spacial score (nSPS) is 13.1. The van der Waals surface area contributed by atoms with E-state index in [0.29, 0.717) is 12.8 Å². The number of aliphatic hydroxyl groups is 1. The molecule has 0 aromatic heterocycles. The molecule has 0 rings (SSSR count). The first-order chi connectivity index (χ1) is 30.6. The van der Waals surface area contributed by atoms with Crippen LogP contribution in [0, 0.1) is 0 Å². The minimum atomic E-state index is -0.804. The van der Waals surface area contributed by atoms with Crippen LogP contribution in [0.15, 0.2) is 109 Å². The van der Waals surface area contributed by atoms with Crippen LogP contribution in [0.3, 0.4) is 0 Å². The summed E-state index contributed by atoms with van der Waals surface area (Å²) in [6.07, 6.45) is 74.6. The van der Waals surface area contributed by atoms with Crippen molar-refractivity contribution in [3.63, 3.8) is 0 Å². The molecule has 0 aliphatic rings. The van der Waals surface area contributed by atoms with Gasteiger partial charge < -0.3 is 14.6 Å². The van der Waals surface area contributed by atoms with Gasteiger partial charge in [0.25, 0.3) is 0 Å². The number of hydrogen-bond donors (Lipinski definition) is 1. The van der Waals surface area contributed by atoms with Crippen molar-refractivity contribution in [1.82, 2.24) is 0 Å². The number of aliphatic hydroxyl groups excluding tert-OH is 1. The highest BCUT2D eigenvalue weighted by atomic mass is 16.6. The van der Waals surface area contributed by atoms with E-state index in [-0.39, 0.29) is 25.2 Å². The van der Waals surface area contributed by atoms with Gasteiger partial charge in [-0.1, -0.05) is 213 Å². The van der Waals surface area contributed by atoms with Crippen LogP contribution in [0.1, 0.15) is 219 Å². The van der Waals surface area contributed by atoms with E-state index in [1.165, 1.54) is 103 Å². The Bertz CT molecular complexity index is 1250. The van der Waals surface area contributed by atoms with Crippen LogP contribution in [0.2, 0.25) is 0 Å². The third kappa shape index (κ3) is 49.2. The second-order valence-corrected chi connectivity index (χ2v) is 16.5. The number of carbonyl (C=O) groups is 2. The lowest BCUT2D eigenvalue weighted by Crippen LogP contribution is -2.28. The second-order valence-electron chi connectivity index (χ2n) is 16.5. The number of rotatable bonds is 45. The van der Waals surface area contributed by atoms with Crippen molar-refractivity contribution in [2.75, 3.05) is 13.2 Å². The molecule has 0 amide bonds. The summed E-state index contributed by atoms with van der Waals surface area (Å²) >= 11 is 0. The highest BCUT2D eigenvalue weighted by Gasteiger charge is 2.16. The molecule has 0 aromatic rings. The van der Waals surface area contributed by atoms with E-state index in [2.05, 4.69) is 123 Å². The largest absolute Gasteiger partial charge is 0.462 e. The molecule has 1 unspecified atom stereocenters. The Hall–Kier alpha value is -3.44. The minimum Gasteiger partial charge on any atom is -0.462 e. The fraction of sp³-hybridized carbons (Fsp3) is 0.649. The van der Waals surface area contributed by atoms with Gasteiger partial charge in [0.1, 0.15) is 6.61 Å². The van der Waals surface area contributed by atoms with Crippen LogP contribution in [-0.4, -0.2) is 36.4 Å². The maximum atomic E-state index is 12.2. The number of hydrogen-bond acceptors (Lipinski definition) is 5. The van der Waals surface area contributed by atoms with E-state index in [1.807, 2.05) is 0 Å². The highest BCUT2D eigenvalue weighted by Crippen LogP contribution is 2.14. The lowest BCUT2D eigenvalue weighted by molar-refractivity contribution is -0.161. The Morgan fingerprint density at radius 1 is 0.387 bits per heavy atom. The van der Waals surface area contributed by atoms with Gasteiger partial charge in [-0.25, -0.2) is 0 Å². The summed E-state index contributed by atoms with van der Waals surface area (Å²) in [4.78, 5) is 24.4. The van der Waals surface area contributed by atoms with Gasteiger partial charge in [-0.2, -0.15) is 0 Å². The van der Waals surface area contributed by atoms with E-state index in [4.69, 9.17) is 9.47 Å². The molecule has 0 saturated heterocycles. The summed E-state index contributed by atoms with van der Waals surface area (Å²) in [5.41, 5.74) is 0. The molecular weight excluding hydrogens is 765 g/mol. The van der Waals surface area contributed by atoms with Crippen molar-refractivity contribution in [1.29, 1.82) is 0 Å². The fourth-order valence-electron chi connectivity index (χ4n) is 6.74. The van der Waals surface area contributed by atoms with Gasteiger partial charge in [0.05, 0.1) is 6.61 Å². The van der Waals surface area contributed by atoms with Gasteiger partial charge in [0.15, 0.2) is 6.10 Å². The molecule has 0 spiro atoms. The van der Waals surface area contributed by atoms with Crippen LogP contribution < -0.4 is 0 Å². The molecule has 0 aromatic carbocycles. The quantitative estimate of drug-likeness (QED) is 0.0375. The van der Waals surface area contributed by atoms with E-state index in [0.717, 1.165) is 89.9 Å². The van der Waals surface area contributed by atoms with Crippen molar-refractivity contribution in [3.05, 3.63) is 109 Å².